The van der Waals surface area contributed by atoms with E-state index in [0.29, 0.717) is 12.2 Å². The van der Waals surface area contributed by atoms with Crippen LogP contribution in [0.25, 0.3) is 0 Å². The molecule has 0 unspecified atom stereocenters. The van der Waals surface area contributed by atoms with E-state index in [9.17, 15) is 14.3 Å². The molecule has 0 amide bonds. The Hall–Kier alpha value is -1.58. The molecule has 3 nitrogen and oxygen atoms in total. The topological polar surface area (TPSA) is 49.4 Å². The zero-order valence-corrected chi connectivity index (χ0v) is 7.53. The van der Waals surface area contributed by atoms with Gasteiger partial charge < -0.3 is 14.6 Å². The Morgan fingerprint density at radius 3 is 2.93 bits per heavy atom. The molecule has 0 N–H and O–H groups in total. The maximum Gasteiger partial charge on any atom is 0.126 e. The minimum absolute atomic E-state index is 0.0463. The van der Waals surface area contributed by atoms with Crippen molar-refractivity contribution in [3.8, 4) is 5.75 Å². The molecule has 0 spiro atoms. The highest BCUT2D eigenvalue weighted by molar-refractivity contribution is 5.64. The molecule has 1 aromatic carbocycles. The van der Waals surface area contributed by atoms with Gasteiger partial charge in [-0.25, -0.2) is 4.39 Å². The largest absolute Gasteiger partial charge is 0.550 e. The number of aliphatic carboxylic acids is 1. The Bertz CT molecular complexity index is 312. The van der Waals surface area contributed by atoms with Crippen LogP contribution in [-0.4, -0.2) is 12.6 Å². The lowest BCUT2D eigenvalue weighted by Gasteiger charge is -2.06. The van der Waals surface area contributed by atoms with E-state index in [1.807, 2.05) is 0 Å². The Morgan fingerprint density at radius 2 is 2.29 bits per heavy atom. The summed E-state index contributed by atoms with van der Waals surface area (Å²) in [6, 6.07) is 5.71. The van der Waals surface area contributed by atoms with Crippen molar-refractivity contribution in [2.24, 2.45) is 0 Å². The number of rotatable bonds is 5. The van der Waals surface area contributed by atoms with E-state index in [2.05, 4.69) is 0 Å². The van der Waals surface area contributed by atoms with Crippen molar-refractivity contribution in [3.63, 3.8) is 0 Å². The van der Waals surface area contributed by atoms with Gasteiger partial charge in [-0.05, 0) is 25.0 Å². The van der Waals surface area contributed by atoms with Crippen molar-refractivity contribution in [2.75, 3.05) is 6.61 Å². The molecule has 0 saturated heterocycles. The van der Waals surface area contributed by atoms with Crippen LogP contribution in [0.15, 0.2) is 24.3 Å². The van der Waals surface area contributed by atoms with E-state index in [0.717, 1.165) is 0 Å². The zero-order chi connectivity index (χ0) is 10.4. The number of halogens is 1. The third-order valence-electron chi connectivity index (χ3n) is 1.59. The van der Waals surface area contributed by atoms with E-state index in [1.54, 1.807) is 6.07 Å². The van der Waals surface area contributed by atoms with Crippen LogP contribution in [0.5, 0.6) is 5.75 Å². The number of hydrogen-bond donors (Lipinski definition) is 0. The summed E-state index contributed by atoms with van der Waals surface area (Å²) < 4.78 is 17.7. The van der Waals surface area contributed by atoms with Crippen LogP contribution in [0.2, 0.25) is 0 Å². The van der Waals surface area contributed by atoms with Crippen molar-refractivity contribution in [1.82, 2.24) is 0 Å². The molecule has 0 aliphatic rings. The molecule has 14 heavy (non-hydrogen) atoms. The van der Waals surface area contributed by atoms with Gasteiger partial charge in [0.25, 0.3) is 0 Å². The number of hydrogen-bond acceptors (Lipinski definition) is 3. The molecule has 0 atom stereocenters. The summed E-state index contributed by atoms with van der Waals surface area (Å²) in [6.07, 6.45) is 0.314. The SMILES string of the molecule is O=C([O-])CCCOc1cccc(F)c1. The molecule has 4 heteroatoms. The molecule has 76 valence electrons. The summed E-state index contributed by atoms with van der Waals surface area (Å²) in [5, 5.41) is 10.0. The second kappa shape index (κ2) is 5.21. The van der Waals surface area contributed by atoms with E-state index < -0.39 is 5.97 Å². The summed E-state index contributed by atoms with van der Waals surface area (Å²) in [4.78, 5) is 10.0. The fraction of sp³-hybridized carbons (Fsp3) is 0.300. The van der Waals surface area contributed by atoms with Gasteiger partial charge in [-0.3, -0.25) is 0 Å². The van der Waals surface area contributed by atoms with E-state index in [1.165, 1.54) is 18.2 Å². The highest BCUT2D eigenvalue weighted by Gasteiger charge is 1.95. The molecule has 0 aliphatic carbocycles. The average molecular weight is 197 g/mol. The molecule has 0 heterocycles. The Labute approximate surface area is 81.1 Å². The smallest absolute Gasteiger partial charge is 0.126 e. The van der Waals surface area contributed by atoms with Gasteiger partial charge in [-0.2, -0.15) is 0 Å². The average Bonchev–Trinajstić information content (AvgIpc) is 2.12. The van der Waals surface area contributed by atoms with Gasteiger partial charge >= 0.3 is 0 Å². The third kappa shape index (κ3) is 3.89. The first kappa shape index (κ1) is 10.5. The monoisotopic (exact) mass is 197 g/mol. The van der Waals surface area contributed by atoms with Gasteiger partial charge in [0.2, 0.25) is 0 Å². The van der Waals surface area contributed by atoms with Crippen molar-refractivity contribution >= 4 is 5.97 Å². The number of carboxylic acid groups (broad SMARTS) is 1. The summed E-state index contributed by atoms with van der Waals surface area (Å²) in [5.74, 6) is -1.07. The van der Waals surface area contributed by atoms with Crippen LogP contribution >= 0.6 is 0 Å². The van der Waals surface area contributed by atoms with Crippen molar-refractivity contribution < 1.29 is 19.0 Å². The third-order valence-corrected chi connectivity index (χ3v) is 1.59. The number of ether oxygens (including phenoxy) is 1. The molecule has 1 aromatic rings. The molecule has 0 bridgehead atoms. The van der Waals surface area contributed by atoms with Crippen molar-refractivity contribution in [3.05, 3.63) is 30.1 Å². The first-order valence-electron chi connectivity index (χ1n) is 4.26. The minimum atomic E-state index is -1.10. The highest BCUT2D eigenvalue weighted by Crippen LogP contribution is 2.12. The van der Waals surface area contributed by atoms with Crippen LogP contribution in [0.1, 0.15) is 12.8 Å². The van der Waals surface area contributed by atoms with Gasteiger partial charge in [-0.1, -0.05) is 6.07 Å². The Balaban J connectivity index is 2.28. The number of carboxylic acids is 1. The number of carbonyl (C=O) groups is 1. The first-order valence-corrected chi connectivity index (χ1v) is 4.26. The van der Waals surface area contributed by atoms with Crippen LogP contribution in [0.3, 0.4) is 0 Å². The standard InChI is InChI=1S/C10H11FO3/c11-8-3-1-4-9(7-8)14-6-2-5-10(12)13/h1,3-4,7H,2,5-6H2,(H,12,13)/p-1. The molecule has 0 aliphatic heterocycles. The van der Waals surface area contributed by atoms with Crippen LogP contribution in [0, 0.1) is 5.82 Å². The molecule has 0 fully saturated rings. The van der Waals surface area contributed by atoms with Crippen LogP contribution < -0.4 is 9.84 Å². The minimum Gasteiger partial charge on any atom is -0.550 e. The van der Waals surface area contributed by atoms with Gasteiger partial charge in [0.1, 0.15) is 11.6 Å². The predicted molar refractivity (Wildman–Crippen MR) is 46.1 cm³/mol. The Kier molecular flexibility index (Phi) is 3.91. The summed E-state index contributed by atoms with van der Waals surface area (Å²) in [5.41, 5.74) is 0. The lowest BCUT2D eigenvalue weighted by Crippen LogP contribution is -2.22. The molecule has 0 aromatic heterocycles. The van der Waals surface area contributed by atoms with Crippen LogP contribution in [-0.2, 0) is 4.79 Å². The first-order chi connectivity index (χ1) is 6.68. The molecular formula is C10H10FO3-. The normalized spacial score (nSPS) is 9.79. The molecular weight excluding hydrogens is 187 g/mol. The lowest BCUT2D eigenvalue weighted by molar-refractivity contribution is -0.305. The summed E-state index contributed by atoms with van der Waals surface area (Å²) >= 11 is 0. The van der Waals surface area contributed by atoms with Crippen LogP contribution in [0.4, 0.5) is 4.39 Å². The fourth-order valence-electron chi connectivity index (χ4n) is 0.963. The quantitative estimate of drug-likeness (QED) is 0.654. The lowest BCUT2D eigenvalue weighted by atomic mass is 10.3. The zero-order valence-electron chi connectivity index (χ0n) is 7.53. The maximum absolute atomic E-state index is 12.6. The van der Waals surface area contributed by atoms with E-state index in [4.69, 9.17) is 4.74 Å². The maximum atomic E-state index is 12.6. The number of benzene rings is 1. The van der Waals surface area contributed by atoms with Crippen molar-refractivity contribution in [1.29, 1.82) is 0 Å². The number of carbonyl (C=O) groups excluding carboxylic acids is 1. The predicted octanol–water partition coefficient (Wildman–Crippen LogP) is 0.735. The summed E-state index contributed by atoms with van der Waals surface area (Å²) in [7, 11) is 0. The molecule has 0 radical (unpaired) electrons. The van der Waals surface area contributed by atoms with Gasteiger partial charge in [0.15, 0.2) is 0 Å². The van der Waals surface area contributed by atoms with Crippen molar-refractivity contribution in [2.45, 2.75) is 12.8 Å². The molecule has 1 rings (SSSR count). The second-order valence-corrected chi connectivity index (χ2v) is 2.78. The van der Waals surface area contributed by atoms with Gasteiger partial charge in [0, 0.05) is 12.0 Å². The fourth-order valence-corrected chi connectivity index (χ4v) is 0.963. The Morgan fingerprint density at radius 1 is 1.50 bits per heavy atom. The molecule has 0 saturated carbocycles. The summed E-state index contributed by atoms with van der Waals surface area (Å²) in [6.45, 7) is 0.247. The van der Waals surface area contributed by atoms with E-state index >= 15 is 0 Å². The van der Waals surface area contributed by atoms with E-state index in [-0.39, 0.29) is 18.8 Å². The second-order valence-electron chi connectivity index (χ2n) is 2.78. The van der Waals surface area contributed by atoms with Gasteiger partial charge in [-0.15, -0.1) is 0 Å². The highest BCUT2D eigenvalue weighted by atomic mass is 19.1. The van der Waals surface area contributed by atoms with Gasteiger partial charge in [0.05, 0.1) is 6.61 Å².